The predicted molar refractivity (Wildman–Crippen MR) is 82.8 cm³/mol. The maximum atomic E-state index is 11.0. The van der Waals surface area contributed by atoms with Gasteiger partial charge in [0.05, 0.1) is 11.3 Å². The van der Waals surface area contributed by atoms with Crippen LogP contribution in [0.25, 0.3) is 22.4 Å². The molecule has 0 unspecified atom stereocenters. The summed E-state index contributed by atoms with van der Waals surface area (Å²) in [7, 11) is 0. The summed E-state index contributed by atoms with van der Waals surface area (Å²) in [5, 5.41) is 11.3. The highest BCUT2D eigenvalue weighted by molar-refractivity contribution is 6.31. The summed E-state index contributed by atoms with van der Waals surface area (Å²) in [6, 6.07) is 4.56. The van der Waals surface area contributed by atoms with E-state index >= 15 is 0 Å². The highest BCUT2D eigenvalue weighted by Gasteiger charge is 2.16. The van der Waals surface area contributed by atoms with E-state index in [1.807, 2.05) is 18.4 Å². The van der Waals surface area contributed by atoms with Crippen LogP contribution < -0.4 is 0 Å². The fraction of sp³-hybridized carbons (Fsp3) is 0.214. The molecule has 0 saturated heterocycles. The molecule has 0 radical (unpaired) electrons. The molecule has 2 heterocycles. The van der Waals surface area contributed by atoms with E-state index in [9.17, 15) is 10.1 Å². The molecule has 0 atom stereocenters. The number of hydrogen-bond acceptors (Lipinski definition) is 5. The molecule has 2 aromatic heterocycles. The second kappa shape index (κ2) is 5.34. The van der Waals surface area contributed by atoms with Gasteiger partial charge in [0.2, 0.25) is 0 Å². The molecule has 3 rings (SSSR count). The van der Waals surface area contributed by atoms with E-state index in [1.54, 1.807) is 12.4 Å². The Bertz CT molecular complexity index is 875. The molecule has 0 bridgehead atoms. The van der Waals surface area contributed by atoms with Crippen molar-refractivity contribution in [3.05, 3.63) is 46.0 Å². The Morgan fingerprint density at radius 1 is 1.23 bits per heavy atom. The maximum absolute atomic E-state index is 11.0. The van der Waals surface area contributed by atoms with Gasteiger partial charge in [-0.3, -0.25) is 10.1 Å². The van der Waals surface area contributed by atoms with E-state index in [0.29, 0.717) is 22.4 Å². The Kier molecular flexibility index (Phi) is 3.50. The summed E-state index contributed by atoms with van der Waals surface area (Å²) in [5.74, 6) is 0. The zero-order valence-electron chi connectivity index (χ0n) is 11.9. The standard InChI is InChI=1S/C14H12ClN5O2/c1-8(2)19-7-18-13-12(16-6-17-14(13)19)9-3-10(15)5-11(4-9)20(21)22/h3-8H,1-2H3. The first-order chi connectivity index (χ1) is 10.5. The molecule has 0 aliphatic carbocycles. The fourth-order valence-corrected chi connectivity index (χ4v) is 2.49. The van der Waals surface area contributed by atoms with Crippen LogP contribution in [0.4, 0.5) is 5.69 Å². The van der Waals surface area contributed by atoms with E-state index in [4.69, 9.17) is 11.6 Å². The number of halogens is 1. The first-order valence-corrected chi connectivity index (χ1v) is 6.98. The minimum absolute atomic E-state index is 0.0856. The van der Waals surface area contributed by atoms with Crippen molar-refractivity contribution in [2.45, 2.75) is 19.9 Å². The van der Waals surface area contributed by atoms with Gasteiger partial charge >= 0.3 is 0 Å². The van der Waals surface area contributed by atoms with Crippen LogP contribution in [0.5, 0.6) is 0 Å². The molecule has 0 fully saturated rings. The third-order valence-electron chi connectivity index (χ3n) is 3.28. The summed E-state index contributed by atoms with van der Waals surface area (Å²) >= 11 is 5.98. The average molecular weight is 318 g/mol. The molecule has 7 nitrogen and oxygen atoms in total. The van der Waals surface area contributed by atoms with Crippen molar-refractivity contribution in [2.75, 3.05) is 0 Å². The Balaban J connectivity index is 2.25. The van der Waals surface area contributed by atoms with Crippen LogP contribution in [0.3, 0.4) is 0 Å². The van der Waals surface area contributed by atoms with Gasteiger partial charge in [0, 0.05) is 28.8 Å². The number of fused-ring (bicyclic) bond motifs is 1. The minimum atomic E-state index is -0.486. The molecule has 112 valence electrons. The van der Waals surface area contributed by atoms with Crippen molar-refractivity contribution in [2.24, 2.45) is 0 Å². The molecule has 22 heavy (non-hydrogen) atoms. The van der Waals surface area contributed by atoms with E-state index in [-0.39, 0.29) is 16.8 Å². The highest BCUT2D eigenvalue weighted by atomic mass is 35.5. The molecule has 0 N–H and O–H groups in total. The number of benzene rings is 1. The molecule has 0 amide bonds. The monoisotopic (exact) mass is 317 g/mol. The molecule has 3 aromatic rings. The lowest BCUT2D eigenvalue weighted by molar-refractivity contribution is -0.384. The van der Waals surface area contributed by atoms with Gasteiger partial charge in [-0.25, -0.2) is 15.0 Å². The lowest BCUT2D eigenvalue weighted by atomic mass is 10.1. The minimum Gasteiger partial charge on any atom is -0.313 e. The van der Waals surface area contributed by atoms with Gasteiger partial charge in [-0.1, -0.05) is 11.6 Å². The molecule has 8 heteroatoms. The van der Waals surface area contributed by atoms with Crippen LogP contribution in [0.2, 0.25) is 5.02 Å². The summed E-state index contributed by atoms with van der Waals surface area (Å²) in [6.07, 6.45) is 3.11. The predicted octanol–water partition coefficient (Wildman–Crippen LogP) is 3.64. The topological polar surface area (TPSA) is 86.7 Å². The van der Waals surface area contributed by atoms with Crippen molar-refractivity contribution in [1.82, 2.24) is 19.5 Å². The summed E-state index contributed by atoms with van der Waals surface area (Å²) in [6.45, 7) is 4.04. The highest BCUT2D eigenvalue weighted by Crippen LogP contribution is 2.30. The Morgan fingerprint density at radius 2 is 2.00 bits per heavy atom. The Labute approximate surface area is 130 Å². The third-order valence-corrected chi connectivity index (χ3v) is 3.50. The van der Waals surface area contributed by atoms with Crippen LogP contribution in [0.1, 0.15) is 19.9 Å². The van der Waals surface area contributed by atoms with E-state index in [1.165, 1.54) is 18.5 Å². The van der Waals surface area contributed by atoms with E-state index in [2.05, 4.69) is 15.0 Å². The van der Waals surface area contributed by atoms with Gasteiger partial charge in [-0.05, 0) is 19.9 Å². The maximum Gasteiger partial charge on any atom is 0.271 e. The largest absolute Gasteiger partial charge is 0.313 e. The lowest BCUT2D eigenvalue weighted by Gasteiger charge is -2.07. The lowest BCUT2D eigenvalue weighted by Crippen LogP contribution is -2.00. The molecular formula is C14H12ClN5O2. The smallest absolute Gasteiger partial charge is 0.271 e. The second-order valence-corrected chi connectivity index (χ2v) is 5.53. The third kappa shape index (κ3) is 2.39. The first kappa shape index (κ1) is 14.4. The Hall–Kier alpha value is -2.54. The van der Waals surface area contributed by atoms with Crippen LogP contribution in [-0.2, 0) is 0 Å². The number of nitrogens with zero attached hydrogens (tertiary/aromatic N) is 5. The van der Waals surface area contributed by atoms with Gasteiger partial charge in [0.15, 0.2) is 5.65 Å². The van der Waals surface area contributed by atoms with Crippen LogP contribution in [0.15, 0.2) is 30.9 Å². The zero-order chi connectivity index (χ0) is 15.9. The van der Waals surface area contributed by atoms with E-state index in [0.717, 1.165) is 0 Å². The molecule has 0 saturated carbocycles. The quantitative estimate of drug-likeness (QED) is 0.543. The molecule has 0 aliphatic heterocycles. The van der Waals surface area contributed by atoms with Crippen LogP contribution >= 0.6 is 11.6 Å². The number of aromatic nitrogens is 4. The first-order valence-electron chi connectivity index (χ1n) is 6.60. The van der Waals surface area contributed by atoms with Gasteiger partial charge in [0.25, 0.3) is 5.69 Å². The van der Waals surface area contributed by atoms with Crippen molar-refractivity contribution in [3.8, 4) is 11.3 Å². The number of rotatable bonds is 3. The van der Waals surface area contributed by atoms with Gasteiger partial charge in [0.1, 0.15) is 17.5 Å². The van der Waals surface area contributed by atoms with Gasteiger partial charge in [-0.15, -0.1) is 0 Å². The van der Waals surface area contributed by atoms with Crippen LogP contribution in [-0.4, -0.2) is 24.4 Å². The van der Waals surface area contributed by atoms with Crippen molar-refractivity contribution in [1.29, 1.82) is 0 Å². The van der Waals surface area contributed by atoms with Crippen molar-refractivity contribution < 1.29 is 4.92 Å². The van der Waals surface area contributed by atoms with Gasteiger partial charge < -0.3 is 4.57 Å². The Morgan fingerprint density at radius 3 is 2.68 bits per heavy atom. The molecule has 1 aromatic carbocycles. The second-order valence-electron chi connectivity index (χ2n) is 5.10. The number of nitro groups is 1. The normalized spacial score (nSPS) is 11.3. The SMILES string of the molecule is CC(C)n1cnc2c(-c3cc(Cl)cc([N+](=O)[O-])c3)ncnc21. The van der Waals surface area contributed by atoms with E-state index < -0.39 is 4.92 Å². The number of nitro benzene ring substituents is 1. The molecular weight excluding hydrogens is 306 g/mol. The number of hydrogen-bond donors (Lipinski definition) is 0. The van der Waals surface area contributed by atoms with Crippen LogP contribution in [0, 0.1) is 10.1 Å². The van der Waals surface area contributed by atoms with Crippen molar-refractivity contribution >= 4 is 28.5 Å². The fourth-order valence-electron chi connectivity index (χ4n) is 2.26. The number of imidazole rings is 1. The number of non-ortho nitro benzene ring substituents is 1. The summed E-state index contributed by atoms with van der Waals surface area (Å²) < 4.78 is 1.92. The summed E-state index contributed by atoms with van der Waals surface area (Å²) in [4.78, 5) is 23.3. The van der Waals surface area contributed by atoms with Crippen molar-refractivity contribution in [3.63, 3.8) is 0 Å². The summed E-state index contributed by atoms with van der Waals surface area (Å²) in [5.41, 5.74) is 2.25. The van der Waals surface area contributed by atoms with Gasteiger partial charge in [-0.2, -0.15) is 0 Å². The molecule has 0 aliphatic rings. The molecule has 0 spiro atoms. The zero-order valence-corrected chi connectivity index (χ0v) is 12.7. The average Bonchev–Trinajstić information content (AvgIpc) is 2.90.